The third-order valence-electron chi connectivity index (χ3n) is 3.60. The fourth-order valence-corrected chi connectivity index (χ4v) is 2.46. The van der Waals surface area contributed by atoms with Crippen LogP contribution in [-0.4, -0.2) is 30.4 Å². The zero-order chi connectivity index (χ0) is 13.0. The summed E-state index contributed by atoms with van der Waals surface area (Å²) in [6.07, 6.45) is 5.74. The van der Waals surface area contributed by atoms with E-state index in [-0.39, 0.29) is 0 Å². The molecule has 0 bridgehead atoms. The summed E-state index contributed by atoms with van der Waals surface area (Å²) in [5.41, 5.74) is 1.11. The summed E-state index contributed by atoms with van der Waals surface area (Å²) in [5, 5.41) is 6.87. The van der Waals surface area contributed by atoms with Crippen molar-refractivity contribution < 1.29 is 4.74 Å². The SMILES string of the molecule is COc1ccc(C=NN2C(C)CCCC2C)cc1. The number of nitrogens with zero attached hydrogens (tertiary/aromatic N) is 2. The molecular weight excluding hydrogens is 224 g/mol. The summed E-state index contributed by atoms with van der Waals surface area (Å²) >= 11 is 0. The minimum absolute atomic E-state index is 0.545. The van der Waals surface area contributed by atoms with Gasteiger partial charge in [-0.2, -0.15) is 5.10 Å². The number of ether oxygens (including phenoxy) is 1. The first kappa shape index (κ1) is 12.9. The predicted molar refractivity (Wildman–Crippen MR) is 75.2 cm³/mol. The van der Waals surface area contributed by atoms with Crippen molar-refractivity contribution in [2.45, 2.75) is 45.2 Å². The van der Waals surface area contributed by atoms with Crippen LogP contribution in [0.2, 0.25) is 0 Å². The van der Waals surface area contributed by atoms with Crippen LogP contribution >= 0.6 is 0 Å². The van der Waals surface area contributed by atoms with Gasteiger partial charge in [0.2, 0.25) is 0 Å². The number of benzene rings is 1. The van der Waals surface area contributed by atoms with Crippen molar-refractivity contribution in [2.75, 3.05) is 7.11 Å². The average molecular weight is 246 g/mol. The van der Waals surface area contributed by atoms with Crippen LogP contribution in [0, 0.1) is 0 Å². The highest BCUT2D eigenvalue weighted by Crippen LogP contribution is 2.22. The summed E-state index contributed by atoms with van der Waals surface area (Å²) in [7, 11) is 1.68. The van der Waals surface area contributed by atoms with Gasteiger partial charge in [-0.15, -0.1) is 0 Å². The van der Waals surface area contributed by atoms with E-state index in [4.69, 9.17) is 4.74 Å². The minimum atomic E-state index is 0.545. The highest BCUT2D eigenvalue weighted by Gasteiger charge is 2.22. The van der Waals surface area contributed by atoms with Gasteiger partial charge in [-0.25, -0.2) is 0 Å². The highest BCUT2D eigenvalue weighted by molar-refractivity contribution is 5.79. The van der Waals surface area contributed by atoms with Gasteiger partial charge in [-0.05, 0) is 62.9 Å². The van der Waals surface area contributed by atoms with E-state index in [9.17, 15) is 0 Å². The molecule has 1 aromatic rings. The Bertz CT molecular complexity index is 389. The molecule has 1 saturated heterocycles. The Labute approximate surface area is 109 Å². The first-order chi connectivity index (χ1) is 8.70. The minimum Gasteiger partial charge on any atom is -0.497 e. The second kappa shape index (κ2) is 5.89. The Morgan fingerprint density at radius 1 is 1.17 bits per heavy atom. The van der Waals surface area contributed by atoms with Gasteiger partial charge in [0.15, 0.2) is 0 Å². The fourth-order valence-electron chi connectivity index (χ4n) is 2.46. The van der Waals surface area contributed by atoms with Crippen molar-refractivity contribution >= 4 is 6.21 Å². The van der Waals surface area contributed by atoms with Crippen LogP contribution in [0.15, 0.2) is 29.4 Å². The van der Waals surface area contributed by atoms with E-state index in [1.807, 2.05) is 30.5 Å². The van der Waals surface area contributed by atoms with Gasteiger partial charge in [0.05, 0.1) is 13.3 Å². The molecule has 98 valence electrons. The zero-order valence-corrected chi connectivity index (χ0v) is 11.5. The van der Waals surface area contributed by atoms with E-state index in [0.717, 1.165) is 11.3 Å². The zero-order valence-electron chi connectivity index (χ0n) is 11.5. The van der Waals surface area contributed by atoms with Gasteiger partial charge in [-0.3, -0.25) is 5.01 Å². The van der Waals surface area contributed by atoms with Crippen molar-refractivity contribution in [3.63, 3.8) is 0 Å². The number of hydrogen-bond donors (Lipinski definition) is 0. The number of hydrogen-bond acceptors (Lipinski definition) is 3. The molecular formula is C15H22N2O. The number of piperidine rings is 1. The van der Waals surface area contributed by atoms with Crippen molar-refractivity contribution in [3.8, 4) is 5.75 Å². The second-order valence-corrected chi connectivity index (χ2v) is 5.03. The molecule has 0 aromatic heterocycles. The highest BCUT2D eigenvalue weighted by atomic mass is 16.5. The monoisotopic (exact) mass is 246 g/mol. The van der Waals surface area contributed by atoms with E-state index < -0.39 is 0 Å². The number of rotatable bonds is 3. The van der Waals surface area contributed by atoms with Crippen LogP contribution in [-0.2, 0) is 0 Å². The van der Waals surface area contributed by atoms with Gasteiger partial charge in [0, 0.05) is 12.1 Å². The Morgan fingerprint density at radius 3 is 2.33 bits per heavy atom. The topological polar surface area (TPSA) is 24.8 Å². The third-order valence-corrected chi connectivity index (χ3v) is 3.60. The Kier molecular flexibility index (Phi) is 4.24. The molecule has 0 radical (unpaired) electrons. The van der Waals surface area contributed by atoms with E-state index in [2.05, 4.69) is 24.0 Å². The van der Waals surface area contributed by atoms with Crippen LogP contribution in [0.1, 0.15) is 38.7 Å². The van der Waals surface area contributed by atoms with E-state index in [1.54, 1.807) is 7.11 Å². The Hall–Kier alpha value is -1.51. The van der Waals surface area contributed by atoms with Crippen LogP contribution in [0.3, 0.4) is 0 Å². The predicted octanol–water partition coefficient (Wildman–Crippen LogP) is 3.29. The lowest BCUT2D eigenvalue weighted by molar-refractivity contribution is 0.109. The first-order valence-electron chi connectivity index (χ1n) is 6.67. The standard InChI is InChI=1S/C15H22N2O/c1-12-5-4-6-13(2)17(12)16-11-14-7-9-15(18-3)10-8-14/h7-13H,4-6H2,1-3H3. The molecule has 1 aromatic carbocycles. The molecule has 3 nitrogen and oxygen atoms in total. The maximum atomic E-state index is 5.14. The maximum absolute atomic E-state index is 5.14. The second-order valence-electron chi connectivity index (χ2n) is 5.03. The summed E-state index contributed by atoms with van der Waals surface area (Å²) in [6.45, 7) is 4.50. The van der Waals surface area contributed by atoms with Crippen LogP contribution in [0.4, 0.5) is 0 Å². The van der Waals surface area contributed by atoms with E-state index >= 15 is 0 Å². The normalized spacial score (nSPS) is 24.5. The molecule has 1 heterocycles. The number of methoxy groups -OCH3 is 1. The molecule has 2 atom stereocenters. The smallest absolute Gasteiger partial charge is 0.118 e. The first-order valence-corrected chi connectivity index (χ1v) is 6.67. The fraction of sp³-hybridized carbons (Fsp3) is 0.533. The van der Waals surface area contributed by atoms with Crippen LogP contribution in [0.25, 0.3) is 0 Å². The lowest BCUT2D eigenvalue weighted by atomic mass is 10.00. The van der Waals surface area contributed by atoms with Gasteiger partial charge in [-0.1, -0.05) is 0 Å². The molecule has 0 saturated carbocycles. The van der Waals surface area contributed by atoms with Gasteiger partial charge < -0.3 is 4.74 Å². The van der Waals surface area contributed by atoms with Crippen LogP contribution < -0.4 is 4.74 Å². The third kappa shape index (κ3) is 3.03. The molecule has 3 heteroatoms. The molecule has 0 amide bonds. The molecule has 1 fully saturated rings. The van der Waals surface area contributed by atoms with Crippen molar-refractivity contribution in [1.29, 1.82) is 0 Å². The largest absolute Gasteiger partial charge is 0.497 e. The maximum Gasteiger partial charge on any atom is 0.118 e. The molecule has 1 aliphatic heterocycles. The summed E-state index contributed by atoms with van der Waals surface area (Å²) in [4.78, 5) is 0. The summed E-state index contributed by atoms with van der Waals surface area (Å²) < 4.78 is 5.14. The van der Waals surface area contributed by atoms with Crippen molar-refractivity contribution in [3.05, 3.63) is 29.8 Å². The van der Waals surface area contributed by atoms with Gasteiger partial charge >= 0.3 is 0 Å². The molecule has 1 aliphatic rings. The molecule has 18 heavy (non-hydrogen) atoms. The Balaban J connectivity index is 2.04. The van der Waals surface area contributed by atoms with E-state index in [1.165, 1.54) is 19.3 Å². The quantitative estimate of drug-likeness (QED) is 0.764. The average Bonchev–Trinajstić information content (AvgIpc) is 2.39. The molecule has 0 aliphatic carbocycles. The lowest BCUT2D eigenvalue weighted by Gasteiger charge is -2.36. The van der Waals surface area contributed by atoms with Crippen LogP contribution in [0.5, 0.6) is 5.75 Å². The lowest BCUT2D eigenvalue weighted by Crippen LogP contribution is -2.39. The molecule has 2 unspecified atom stereocenters. The van der Waals surface area contributed by atoms with Gasteiger partial charge in [0.1, 0.15) is 5.75 Å². The van der Waals surface area contributed by atoms with E-state index in [0.29, 0.717) is 12.1 Å². The molecule has 0 N–H and O–H groups in total. The number of hydrazone groups is 1. The molecule has 2 rings (SSSR count). The van der Waals surface area contributed by atoms with Crippen molar-refractivity contribution in [1.82, 2.24) is 5.01 Å². The van der Waals surface area contributed by atoms with Gasteiger partial charge in [0.25, 0.3) is 0 Å². The molecule has 0 spiro atoms. The van der Waals surface area contributed by atoms with Crippen molar-refractivity contribution in [2.24, 2.45) is 5.10 Å². The summed E-state index contributed by atoms with van der Waals surface area (Å²) in [6, 6.07) is 9.07. The summed E-state index contributed by atoms with van der Waals surface area (Å²) in [5.74, 6) is 0.881. The Morgan fingerprint density at radius 2 is 1.78 bits per heavy atom.